The Labute approximate surface area is 151 Å². The fraction of sp³-hybridized carbons (Fsp3) is 0.368. The molecule has 0 aliphatic carbocycles. The van der Waals surface area contributed by atoms with E-state index in [2.05, 4.69) is 40.3 Å². The number of hydrogen-bond acceptors (Lipinski definition) is 4. The van der Waals surface area contributed by atoms with E-state index in [1.807, 2.05) is 24.3 Å². The maximum Gasteiger partial charge on any atom is 0.175 e. The lowest BCUT2D eigenvalue weighted by Crippen LogP contribution is -2.23. The van der Waals surface area contributed by atoms with Crippen LogP contribution in [0.3, 0.4) is 0 Å². The molecule has 0 amide bonds. The van der Waals surface area contributed by atoms with Gasteiger partial charge in [0.15, 0.2) is 11.5 Å². The lowest BCUT2D eigenvalue weighted by Gasteiger charge is -2.15. The second-order valence-corrected chi connectivity index (χ2v) is 6.72. The zero-order chi connectivity index (χ0) is 17.5. The Balaban J connectivity index is 2.09. The van der Waals surface area contributed by atoms with E-state index < -0.39 is 0 Å². The number of hydrogen-bond donors (Lipinski definition) is 2. The van der Waals surface area contributed by atoms with Gasteiger partial charge in [0.1, 0.15) is 6.61 Å². The molecule has 2 N–H and O–H groups in total. The number of aliphatic hydroxyl groups is 1. The zero-order valence-electron chi connectivity index (χ0n) is 14.3. The van der Waals surface area contributed by atoms with Gasteiger partial charge in [-0.15, -0.1) is 0 Å². The third-order valence-corrected chi connectivity index (χ3v) is 4.11. The van der Waals surface area contributed by atoms with E-state index in [0.29, 0.717) is 31.2 Å². The molecule has 0 aliphatic heterocycles. The Morgan fingerprint density at radius 2 is 2.00 bits per heavy atom. The number of halogens is 1. The minimum atomic E-state index is -0.368. The number of methoxy groups -OCH3 is 1. The quantitative estimate of drug-likeness (QED) is 0.715. The van der Waals surface area contributed by atoms with E-state index in [0.717, 1.165) is 15.6 Å². The lowest BCUT2D eigenvalue weighted by atomic mass is 10.1. The van der Waals surface area contributed by atoms with Crippen LogP contribution in [0.4, 0.5) is 0 Å². The van der Waals surface area contributed by atoms with Gasteiger partial charge in [0.25, 0.3) is 0 Å². The highest BCUT2D eigenvalue weighted by Gasteiger charge is 2.12. The fourth-order valence-corrected chi connectivity index (χ4v) is 3.00. The summed E-state index contributed by atoms with van der Waals surface area (Å²) in [6, 6.07) is 12.2. The van der Waals surface area contributed by atoms with Gasteiger partial charge in [0.2, 0.25) is 0 Å². The Morgan fingerprint density at radius 1 is 1.21 bits per heavy atom. The summed E-state index contributed by atoms with van der Waals surface area (Å²) in [6.45, 7) is 5.50. The molecular formula is C19H24BrNO3. The standard InChI is InChI=1S/C19H24BrNO3/c1-13-5-4-6-15(7-13)12-24-19-17(20)8-16(9-18(19)23-3)11-21-10-14(2)22/h4-9,14,21-22H,10-12H2,1-3H3. The summed E-state index contributed by atoms with van der Waals surface area (Å²) < 4.78 is 12.3. The van der Waals surface area contributed by atoms with Crippen molar-refractivity contribution in [3.05, 3.63) is 57.6 Å². The Bertz CT molecular complexity index is 674. The minimum Gasteiger partial charge on any atom is -0.493 e. The first kappa shape index (κ1) is 18.8. The zero-order valence-corrected chi connectivity index (χ0v) is 15.9. The first-order chi connectivity index (χ1) is 11.5. The molecule has 0 fully saturated rings. The van der Waals surface area contributed by atoms with E-state index >= 15 is 0 Å². The summed E-state index contributed by atoms with van der Waals surface area (Å²) in [4.78, 5) is 0. The Kier molecular flexibility index (Phi) is 7.09. The molecule has 1 unspecified atom stereocenters. The molecule has 24 heavy (non-hydrogen) atoms. The van der Waals surface area contributed by atoms with Crippen molar-refractivity contribution in [1.82, 2.24) is 5.32 Å². The molecule has 0 saturated carbocycles. The molecule has 4 nitrogen and oxygen atoms in total. The Morgan fingerprint density at radius 3 is 2.67 bits per heavy atom. The molecular weight excluding hydrogens is 370 g/mol. The predicted octanol–water partition coefficient (Wildman–Crippen LogP) is 3.82. The van der Waals surface area contributed by atoms with Gasteiger partial charge in [-0.1, -0.05) is 29.8 Å². The smallest absolute Gasteiger partial charge is 0.175 e. The topological polar surface area (TPSA) is 50.7 Å². The van der Waals surface area contributed by atoms with Crippen molar-refractivity contribution >= 4 is 15.9 Å². The predicted molar refractivity (Wildman–Crippen MR) is 99.6 cm³/mol. The van der Waals surface area contributed by atoms with Crippen molar-refractivity contribution in [2.75, 3.05) is 13.7 Å². The highest BCUT2D eigenvalue weighted by molar-refractivity contribution is 9.10. The Hall–Kier alpha value is -1.56. The first-order valence-electron chi connectivity index (χ1n) is 7.93. The van der Waals surface area contributed by atoms with Gasteiger partial charge in [-0.25, -0.2) is 0 Å². The van der Waals surface area contributed by atoms with Gasteiger partial charge in [-0.2, -0.15) is 0 Å². The van der Waals surface area contributed by atoms with Gasteiger partial charge in [0, 0.05) is 13.1 Å². The fourth-order valence-electron chi connectivity index (χ4n) is 2.40. The van der Waals surface area contributed by atoms with E-state index in [1.165, 1.54) is 5.56 Å². The molecule has 2 aromatic rings. The van der Waals surface area contributed by atoms with Crippen LogP contribution in [0.5, 0.6) is 11.5 Å². The van der Waals surface area contributed by atoms with E-state index in [-0.39, 0.29) is 6.10 Å². The van der Waals surface area contributed by atoms with Crippen molar-refractivity contribution in [3.8, 4) is 11.5 Å². The van der Waals surface area contributed by atoms with Crippen molar-refractivity contribution in [1.29, 1.82) is 0 Å². The van der Waals surface area contributed by atoms with Crippen LogP contribution >= 0.6 is 15.9 Å². The number of rotatable bonds is 8. The monoisotopic (exact) mass is 393 g/mol. The van der Waals surface area contributed by atoms with Gasteiger partial charge < -0.3 is 19.9 Å². The maximum absolute atomic E-state index is 9.31. The molecule has 0 saturated heterocycles. The molecule has 0 heterocycles. The summed E-state index contributed by atoms with van der Waals surface area (Å²) in [7, 11) is 1.63. The minimum absolute atomic E-state index is 0.368. The lowest BCUT2D eigenvalue weighted by molar-refractivity contribution is 0.191. The molecule has 130 valence electrons. The summed E-state index contributed by atoms with van der Waals surface area (Å²) in [6.07, 6.45) is -0.368. The number of aryl methyl sites for hydroxylation is 1. The van der Waals surface area contributed by atoms with E-state index in [9.17, 15) is 5.11 Å². The summed E-state index contributed by atoms with van der Waals surface area (Å²) in [5.41, 5.74) is 3.38. The molecule has 0 spiro atoms. The van der Waals surface area contributed by atoms with Crippen LogP contribution in [0.2, 0.25) is 0 Å². The highest BCUT2D eigenvalue weighted by Crippen LogP contribution is 2.37. The average molecular weight is 394 g/mol. The van der Waals surface area contributed by atoms with Gasteiger partial charge >= 0.3 is 0 Å². The van der Waals surface area contributed by atoms with Crippen molar-refractivity contribution in [2.45, 2.75) is 33.1 Å². The van der Waals surface area contributed by atoms with Crippen LogP contribution in [0.25, 0.3) is 0 Å². The van der Waals surface area contributed by atoms with Gasteiger partial charge in [-0.05, 0) is 53.0 Å². The number of nitrogens with one attached hydrogen (secondary N) is 1. The average Bonchev–Trinajstić information content (AvgIpc) is 2.53. The number of aliphatic hydroxyl groups excluding tert-OH is 1. The van der Waals surface area contributed by atoms with Gasteiger partial charge in [-0.3, -0.25) is 0 Å². The van der Waals surface area contributed by atoms with E-state index in [1.54, 1.807) is 14.0 Å². The second kappa shape index (κ2) is 9.06. The summed E-state index contributed by atoms with van der Waals surface area (Å²) in [5, 5.41) is 12.5. The van der Waals surface area contributed by atoms with Crippen LogP contribution in [0.15, 0.2) is 40.9 Å². The second-order valence-electron chi connectivity index (χ2n) is 5.87. The highest BCUT2D eigenvalue weighted by atomic mass is 79.9. The number of benzene rings is 2. The largest absolute Gasteiger partial charge is 0.493 e. The molecule has 2 aromatic carbocycles. The van der Waals surface area contributed by atoms with Crippen LogP contribution in [-0.2, 0) is 13.2 Å². The van der Waals surface area contributed by atoms with Crippen LogP contribution in [0, 0.1) is 6.92 Å². The van der Waals surface area contributed by atoms with Crippen LogP contribution in [0.1, 0.15) is 23.6 Å². The van der Waals surface area contributed by atoms with Crippen LogP contribution in [-0.4, -0.2) is 24.9 Å². The summed E-state index contributed by atoms with van der Waals surface area (Å²) in [5.74, 6) is 1.38. The third-order valence-electron chi connectivity index (χ3n) is 3.52. The number of ether oxygens (including phenoxy) is 2. The van der Waals surface area contributed by atoms with Crippen LogP contribution < -0.4 is 14.8 Å². The molecule has 5 heteroatoms. The molecule has 1 atom stereocenters. The van der Waals surface area contributed by atoms with Crippen molar-refractivity contribution in [2.24, 2.45) is 0 Å². The maximum atomic E-state index is 9.31. The van der Waals surface area contributed by atoms with Gasteiger partial charge in [0.05, 0.1) is 17.7 Å². The van der Waals surface area contributed by atoms with Crippen molar-refractivity contribution in [3.63, 3.8) is 0 Å². The normalized spacial score (nSPS) is 12.0. The van der Waals surface area contributed by atoms with Crippen molar-refractivity contribution < 1.29 is 14.6 Å². The molecule has 0 radical (unpaired) electrons. The molecule has 2 rings (SSSR count). The molecule has 0 aromatic heterocycles. The first-order valence-corrected chi connectivity index (χ1v) is 8.72. The third kappa shape index (κ3) is 5.51. The SMILES string of the molecule is COc1cc(CNCC(C)O)cc(Br)c1OCc1cccc(C)c1. The molecule has 0 aliphatic rings. The van der Waals surface area contributed by atoms with E-state index in [4.69, 9.17) is 9.47 Å². The summed E-state index contributed by atoms with van der Waals surface area (Å²) >= 11 is 3.57. The molecule has 0 bridgehead atoms.